The van der Waals surface area contributed by atoms with E-state index in [1.807, 2.05) is 68.4 Å². The Bertz CT molecular complexity index is 1630. The van der Waals surface area contributed by atoms with E-state index in [0.717, 1.165) is 22.0 Å². The Morgan fingerprint density at radius 1 is 1.09 bits per heavy atom. The fourth-order valence-corrected chi connectivity index (χ4v) is 6.06. The Morgan fingerprint density at radius 3 is 2.58 bits per heavy atom. The van der Waals surface area contributed by atoms with Gasteiger partial charge in [-0.15, -0.1) is 5.10 Å². The number of amides is 3. The number of nitrogens with zero attached hydrogens (tertiary/aromatic N) is 6. The van der Waals surface area contributed by atoms with Crippen LogP contribution < -0.4 is 5.73 Å². The van der Waals surface area contributed by atoms with Gasteiger partial charge in [-0.05, 0) is 61.5 Å². The minimum absolute atomic E-state index is 0.0929. The van der Waals surface area contributed by atoms with Crippen molar-refractivity contribution >= 4 is 40.1 Å². The molecule has 10 nitrogen and oxygen atoms in total. The van der Waals surface area contributed by atoms with Crippen molar-refractivity contribution < 1.29 is 14.4 Å². The molecule has 1 aromatic heterocycles. The average Bonchev–Trinajstić information content (AvgIpc) is 3.34. The van der Waals surface area contributed by atoms with Crippen molar-refractivity contribution in [3.05, 3.63) is 94.8 Å². The largest absolute Gasteiger partial charge is 0.368 e. The smallest absolute Gasteiger partial charge is 0.250 e. The Hall–Kier alpha value is -4.28. The number of halogens is 1. The molecule has 0 bridgehead atoms. The van der Waals surface area contributed by atoms with Crippen molar-refractivity contribution in [2.24, 2.45) is 5.73 Å². The second kappa shape index (κ2) is 12.9. The zero-order chi connectivity index (χ0) is 30.7. The molecule has 0 radical (unpaired) electrons. The minimum Gasteiger partial charge on any atom is -0.368 e. The van der Waals surface area contributed by atoms with Crippen LogP contribution in [0.15, 0.2) is 72.9 Å². The highest BCUT2D eigenvalue weighted by Gasteiger charge is 2.43. The fraction of sp³-hybridized carbons (Fsp3) is 0.344. The van der Waals surface area contributed by atoms with Crippen molar-refractivity contribution in [1.82, 2.24) is 29.7 Å². The number of hydrogen-bond acceptors (Lipinski definition) is 6. The summed E-state index contributed by atoms with van der Waals surface area (Å²) in [6.45, 7) is 2.66. The van der Waals surface area contributed by atoms with E-state index in [0.29, 0.717) is 23.6 Å². The van der Waals surface area contributed by atoms with Crippen molar-refractivity contribution in [2.75, 3.05) is 20.6 Å². The summed E-state index contributed by atoms with van der Waals surface area (Å²) in [6, 6.07) is 18.5. The van der Waals surface area contributed by atoms with Crippen LogP contribution in [0.2, 0.25) is 5.02 Å². The molecule has 0 spiro atoms. The van der Waals surface area contributed by atoms with Crippen molar-refractivity contribution in [1.29, 1.82) is 0 Å². The van der Waals surface area contributed by atoms with E-state index in [9.17, 15) is 14.4 Å². The van der Waals surface area contributed by atoms with Gasteiger partial charge in [0, 0.05) is 30.6 Å². The van der Waals surface area contributed by atoms with Gasteiger partial charge in [-0.25, -0.2) is 4.68 Å². The molecule has 3 unspecified atom stereocenters. The summed E-state index contributed by atoms with van der Waals surface area (Å²) in [4.78, 5) is 46.6. The zero-order valence-electron chi connectivity index (χ0n) is 24.6. The van der Waals surface area contributed by atoms with Gasteiger partial charge in [0.2, 0.25) is 11.8 Å². The predicted octanol–water partition coefficient (Wildman–Crippen LogP) is 3.43. The summed E-state index contributed by atoms with van der Waals surface area (Å²) >= 11 is 6.37. The van der Waals surface area contributed by atoms with Crippen molar-refractivity contribution in [3.63, 3.8) is 0 Å². The second-order valence-electron chi connectivity index (χ2n) is 11.3. The van der Waals surface area contributed by atoms with Gasteiger partial charge in [-0.2, -0.15) is 0 Å². The van der Waals surface area contributed by atoms with Crippen LogP contribution in [0.25, 0.3) is 10.8 Å². The Morgan fingerprint density at radius 2 is 1.84 bits per heavy atom. The molecule has 2 N–H and O–H groups in total. The lowest BCUT2D eigenvalue weighted by Gasteiger charge is -2.35. The summed E-state index contributed by atoms with van der Waals surface area (Å²) in [5.41, 5.74) is 8.20. The number of aromatic nitrogens is 3. The fourth-order valence-electron chi connectivity index (χ4n) is 5.86. The third-order valence-electron chi connectivity index (χ3n) is 7.87. The first kappa shape index (κ1) is 30.2. The average molecular weight is 602 g/mol. The van der Waals surface area contributed by atoms with E-state index >= 15 is 0 Å². The highest BCUT2D eigenvalue weighted by Crippen LogP contribution is 2.33. The monoisotopic (exact) mass is 601 g/mol. The molecular formula is C32H36ClN7O3. The highest BCUT2D eigenvalue weighted by atomic mass is 35.5. The highest BCUT2D eigenvalue weighted by molar-refractivity contribution is 6.30. The van der Waals surface area contributed by atoms with Crippen LogP contribution in [0.3, 0.4) is 0 Å². The van der Waals surface area contributed by atoms with E-state index < -0.39 is 18.0 Å². The maximum atomic E-state index is 14.5. The molecule has 1 aliphatic heterocycles. The number of hydrogen-bond donors (Lipinski definition) is 1. The van der Waals surface area contributed by atoms with Gasteiger partial charge >= 0.3 is 0 Å². The quantitative estimate of drug-likeness (QED) is 0.314. The molecule has 3 aromatic carbocycles. The predicted molar refractivity (Wildman–Crippen MR) is 165 cm³/mol. The molecule has 43 heavy (non-hydrogen) atoms. The van der Waals surface area contributed by atoms with Crippen LogP contribution in [0.5, 0.6) is 0 Å². The number of carbonyl (C=O) groups is 3. The Kier molecular flexibility index (Phi) is 9.08. The number of rotatable bonds is 9. The van der Waals surface area contributed by atoms with Crippen LogP contribution in [0.1, 0.15) is 36.2 Å². The number of nitrogens with two attached hydrogens (primary N) is 1. The lowest BCUT2D eigenvalue weighted by atomic mass is 9.96. The van der Waals surface area contributed by atoms with Gasteiger partial charge < -0.3 is 20.4 Å². The Labute approximate surface area is 256 Å². The lowest BCUT2D eigenvalue weighted by molar-refractivity contribution is -0.148. The van der Waals surface area contributed by atoms with Gasteiger partial charge in [0.25, 0.3) is 5.91 Å². The third-order valence-corrected chi connectivity index (χ3v) is 8.10. The molecule has 3 atom stereocenters. The molecule has 0 aliphatic carbocycles. The zero-order valence-corrected chi connectivity index (χ0v) is 25.3. The molecular weight excluding hydrogens is 566 g/mol. The van der Waals surface area contributed by atoms with E-state index in [2.05, 4.69) is 10.3 Å². The van der Waals surface area contributed by atoms with Crippen molar-refractivity contribution in [3.8, 4) is 0 Å². The Balaban J connectivity index is 1.50. The first-order chi connectivity index (χ1) is 20.6. The van der Waals surface area contributed by atoms with E-state index in [4.69, 9.17) is 17.3 Å². The molecule has 1 aliphatic rings. The maximum absolute atomic E-state index is 14.5. The molecule has 4 aromatic rings. The maximum Gasteiger partial charge on any atom is 0.250 e. The van der Waals surface area contributed by atoms with Crippen molar-refractivity contribution in [2.45, 2.75) is 51.0 Å². The summed E-state index contributed by atoms with van der Waals surface area (Å²) in [7, 11) is 3.85. The normalized spacial score (nSPS) is 18.2. The second-order valence-corrected chi connectivity index (χ2v) is 11.8. The number of carbonyl (C=O) groups excluding carboxylic acids is 3. The third kappa shape index (κ3) is 6.71. The van der Waals surface area contributed by atoms with Crippen LogP contribution in [-0.4, -0.2) is 80.1 Å². The van der Waals surface area contributed by atoms with E-state index in [1.165, 1.54) is 4.68 Å². The van der Waals surface area contributed by atoms with Gasteiger partial charge in [-0.1, -0.05) is 71.4 Å². The molecule has 5 rings (SSSR count). The first-order valence-electron chi connectivity index (χ1n) is 14.3. The van der Waals surface area contributed by atoms with Crippen LogP contribution in [-0.2, 0) is 33.9 Å². The van der Waals surface area contributed by atoms with Gasteiger partial charge in [-0.3, -0.25) is 14.4 Å². The van der Waals surface area contributed by atoms with Gasteiger partial charge in [0.05, 0.1) is 11.9 Å². The van der Waals surface area contributed by atoms with E-state index in [1.54, 1.807) is 40.3 Å². The van der Waals surface area contributed by atoms with Gasteiger partial charge in [0.1, 0.15) is 18.6 Å². The number of fused-ring (bicyclic) bond motifs is 1. The van der Waals surface area contributed by atoms with E-state index in [-0.39, 0.29) is 37.4 Å². The molecule has 224 valence electrons. The number of benzene rings is 3. The molecule has 2 heterocycles. The lowest BCUT2D eigenvalue weighted by Crippen LogP contribution is -2.52. The molecule has 1 fully saturated rings. The number of primary amides is 1. The van der Waals surface area contributed by atoms with Crippen LogP contribution in [0, 0.1) is 0 Å². The summed E-state index contributed by atoms with van der Waals surface area (Å²) in [5.74, 6) is -1.27. The summed E-state index contributed by atoms with van der Waals surface area (Å²) in [6.07, 6.45) is 2.44. The topological polar surface area (TPSA) is 118 Å². The van der Waals surface area contributed by atoms with Gasteiger partial charge in [0.15, 0.2) is 0 Å². The van der Waals surface area contributed by atoms with Crippen LogP contribution >= 0.6 is 11.6 Å². The first-order valence-corrected chi connectivity index (χ1v) is 14.7. The standard InChI is InChI=1S/C32H36ClN7O3/c1-21-14-15-39(28(31(34)42)17-23-10-6-9-22-8-4-5-13-27(22)23)32(43)30(24-11-7-12-25(33)16-24)40(21)29(41)20-38-19-26(35-36-38)18-37(2)3/h4-13,16,19,21,28,30H,14-15,17-18,20H2,1-3H3,(H2,34,42). The van der Waals surface area contributed by atoms with Crippen LogP contribution in [0.4, 0.5) is 0 Å². The molecule has 1 saturated heterocycles. The minimum atomic E-state index is -1.01. The molecule has 0 saturated carbocycles. The summed E-state index contributed by atoms with van der Waals surface area (Å²) < 4.78 is 1.49. The summed E-state index contributed by atoms with van der Waals surface area (Å²) in [5, 5.41) is 10.8. The molecule has 11 heteroatoms. The molecule has 3 amide bonds. The SMILES string of the molecule is CC1CCN(C(Cc2cccc3ccccc23)C(N)=O)C(=O)C(c2cccc(Cl)c2)N1C(=O)Cn1cc(CN(C)C)nn1.